The van der Waals surface area contributed by atoms with Gasteiger partial charge in [-0.3, -0.25) is 14.5 Å². The summed E-state index contributed by atoms with van der Waals surface area (Å²) in [5.41, 5.74) is 3.58. The fourth-order valence-electron chi connectivity index (χ4n) is 4.11. The van der Waals surface area contributed by atoms with Crippen LogP contribution in [0.25, 0.3) is 5.76 Å². The van der Waals surface area contributed by atoms with Gasteiger partial charge in [0.15, 0.2) is 0 Å². The van der Waals surface area contributed by atoms with E-state index >= 15 is 0 Å². The monoisotopic (exact) mass is 442 g/mol. The molecule has 0 aromatic heterocycles. The molecular formula is C27H26N2O4. The van der Waals surface area contributed by atoms with Crippen LogP contribution in [0.1, 0.15) is 22.7 Å². The Bertz CT molecular complexity index is 1230. The molecule has 1 saturated heterocycles. The second kappa shape index (κ2) is 8.82. The molecule has 6 nitrogen and oxygen atoms in total. The molecule has 1 heterocycles. The first kappa shape index (κ1) is 22.1. The number of hydrogen-bond acceptors (Lipinski definition) is 5. The first-order chi connectivity index (χ1) is 15.8. The van der Waals surface area contributed by atoms with Gasteiger partial charge >= 0.3 is 0 Å². The molecule has 0 bridgehead atoms. The molecule has 3 aromatic rings. The minimum Gasteiger partial charge on any atom is -0.507 e. The minimum atomic E-state index is -0.783. The highest BCUT2D eigenvalue weighted by Crippen LogP contribution is 2.43. The highest BCUT2D eigenvalue weighted by molar-refractivity contribution is 6.51. The van der Waals surface area contributed by atoms with E-state index in [4.69, 9.17) is 4.74 Å². The topological polar surface area (TPSA) is 70.1 Å². The number of methoxy groups -OCH3 is 1. The highest BCUT2D eigenvalue weighted by Gasteiger charge is 2.47. The lowest BCUT2D eigenvalue weighted by atomic mass is 9.94. The number of anilines is 2. The number of aryl methyl sites for hydroxylation is 1. The molecule has 33 heavy (non-hydrogen) atoms. The summed E-state index contributed by atoms with van der Waals surface area (Å²) in [6.07, 6.45) is 0. The van der Waals surface area contributed by atoms with Crippen molar-refractivity contribution in [2.24, 2.45) is 0 Å². The zero-order chi connectivity index (χ0) is 23.7. The zero-order valence-corrected chi connectivity index (χ0v) is 19.1. The van der Waals surface area contributed by atoms with Crippen LogP contribution in [0.15, 0.2) is 78.4 Å². The van der Waals surface area contributed by atoms with Crippen molar-refractivity contribution >= 4 is 28.8 Å². The van der Waals surface area contributed by atoms with E-state index in [0.29, 0.717) is 17.0 Å². The Balaban J connectivity index is 1.96. The second-order valence-electron chi connectivity index (χ2n) is 8.19. The number of ketones is 1. The van der Waals surface area contributed by atoms with Gasteiger partial charge < -0.3 is 14.7 Å². The predicted octanol–water partition coefficient (Wildman–Crippen LogP) is 4.70. The lowest BCUT2D eigenvalue weighted by Crippen LogP contribution is -2.29. The third-order valence-electron chi connectivity index (χ3n) is 5.81. The van der Waals surface area contributed by atoms with Crippen LogP contribution in [0.4, 0.5) is 11.4 Å². The lowest BCUT2D eigenvalue weighted by molar-refractivity contribution is -0.132. The number of carbonyl (C=O) groups excluding carboxylic acids is 2. The average molecular weight is 443 g/mol. The van der Waals surface area contributed by atoms with Crippen molar-refractivity contribution in [3.8, 4) is 5.75 Å². The smallest absolute Gasteiger partial charge is 0.300 e. The van der Waals surface area contributed by atoms with Crippen LogP contribution in [0.3, 0.4) is 0 Å². The zero-order valence-electron chi connectivity index (χ0n) is 19.1. The predicted molar refractivity (Wildman–Crippen MR) is 130 cm³/mol. The summed E-state index contributed by atoms with van der Waals surface area (Å²) in [5, 5.41) is 11.4. The lowest BCUT2D eigenvalue weighted by Gasteiger charge is -2.26. The van der Waals surface area contributed by atoms with E-state index in [1.165, 1.54) is 12.0 Å². The number of nitrogens with zero attached hydrogens (tertiary/aromatic N) is 2. The van der Waals surface area contributed by atoms with E-state index in [2.05, 4.69) is 0 Å². The molecule has 1 N–H and O–H groups in total. The van der Waals surface area contributed by atoms with Crippen LogP contribution in [-0.4, -0.2) is 38.0 Å². The molecule has 1 fully saturated rings. The molecule has 3 aromatic carbocycles. The molecule has 0 saturated carbocycles. The maximum Gasteiger partial charge on any atom is 0.300 e. The molecule has 1 atom stereocenters. The Kier molecular flexibility index (Phi) is 5.92. The molecule has 1 aliphatic rings. The molecular weight excluding hydrogens is 416 g/mol. The number of rotatable bonds is 5. The number of benzene rings is 3. The van der Waals surface area contributed by atoms with Crippen LogP contribution >= 0.6 is 0 Å². The van der Waals surface area contributed by atoms with Gasteiger partial charge in [0, 0.05) is 25.5 Å². The van der Waals surface area contributed by atoms with Crippen molar-refractivity contribution in [3.05, 3.63) is 95.1 Å². The molecule has 0 aliphatic carbocycles. The van der Waals surface area contributed by atoms with Gasteiger partial charge in [-0.15, -0.1) is 0 Å². The van der Waals surface area contributed by atoms with Crippen LogP contribution < -0.4 is 14.5 Å². The van der Waals surface area contributed by atoms with E-state index < -0.39 is 17.7 Å². The normalized spacial score (nSPS) is 17.3. The molecule has 1 amide bonds. The second-order valence-corrected chi connectivity index (χ2v) is 8.19. The average Bonchev–Trinajstić information content (AvgIpc) is 3.09. The highest BCUT2D eigenvalue weighted by atomic mass is 16.5. The number of Topliss-reactive ketones (excluding diaryl/α,β-unsaturated/α-hetero) is 1. The van der Waals surface area contributed by atoms with Crippen LogP contribution in [0.2, 0.25) is 0 Å². The van der Waals surface area contributed by atoms with E-state index in [0.717, 1.165) is 16.8 Å². The minimum absolute atomic E-state index is 0.0327. The molecule has 0 radical (unpaired) electrons. The summed E-state index contributed by atoms with van der Waals surface area (Å²) in [5.74, 6) is -1.25. The van der Waals surface area contributed by atoms with Gasteiger partial charge in [-0.05, 0) is 48.9 Å². The van der Waals surface area contributed by atoms with E-state index in [1.807, 2.05) is 74.4 Å². The first-order valence-corrected chi connectivity index (χ1v) is 10.6. The first-order valence-electron chi connectivity index (χ1n) is 10.6. The van der Waals surface area contributed by atoms with E-state index in [1.54, 1.807) is 24.3 Å². The van der Waals surface area contributed by atoms with Crippen LogP contribution in [0, 0.1) is 6.92 Å². The van der Waals surface area contributed by atoms with Crippen molar-refractivity contribution < 1.29 is 19.4 Å². The number of ether oxygens (including phenoxy) is 1. The number of carbonyl (C=O) groups is 2. The Morgan fingerprint density at radius 2 is 1.64 bits per heavy atom. The van der Waals surface area contributed by atoms with Gasteiger partial charge in [-0.1, -0.05) is 42.0 Å². The van der Waals surface area contributed by atoms with E-state index in [9.17, 15) is 14.7 Å². The largest absolute Gasteiger partial charge is 0.507 e. The SMILES string of the molecule is COc1ccc(C)cc1/C(O)=C1\C(=O)C(=O)N(c2ccccc2)C1c1ccc(N(C)C)cc1. The molecule has 0 spiro atoms. The summed E-state index contributed by atoms with van der Waals surface area (Å²) >= 11 is 0. The Hall–Kier alpha value is -4.06. The summed E-state index contributed by atoms with van der Waals surface area (Å²) < 4.78 is 5.43. The Labute approximate surface area is 193 Å². The maximum absolute atomic E-state index is 13.3. The molecule has 168 valence electrons. The third-order valence-corrected chi connectivity index (χ3v) is 5.81. The number of hydrogen-bond donors (Lipinski definition) is 1. The number of para-hydroxylation sites is 1. The number of aliphatic hydroxyl groups is 1. The van der Waals surface area contributed by atoms with Gasteiger partial charge in [0.1, 0.15) is 11.5 Å². The van der Waals surface area contributed by atoms with Gasteiger partial charge in [-0.25, -0.2) is 0 Å². The summed E-state index contributed by atoms with van der Waals surface area (Å²) in [6.45, 7) is 1.89. The van der Waals surface area contributed by atoms with Crippen LogP contribution in [0.5, 0.6) is 5.75 Å². The molecule has 6 heteroatoms. The quantitative estimate of drug-likeness (QED) is 0.353. The van der Waals surface area contributed by atoms with Gasteiger partial charge in [-0.2, -0.15) is 0 Å². The summed E-state index contributed by atoms with van der Waals surface area (Å²) in [6, 6.07) is 21.2. The van der Waals surface area contributed by atoms with E-state index in [-0.39, 0.29) is 11.3 Å². The molecule has 4 rings (SSSR count). The van der Waals surface area contributed by atoms with Gasteiger partial charge in [0.05, 0.1) is 24.3 Å². The number of aliphatic hydroxyl groups excluding tert-OH is 1. The van der Waals surface area contributed by atoms with Crippen molar-refractivity contribution in [2.45, 2.75) is 13.0 Å². The fraction of sp³-hybridized carbons (Fsp3) is 0.185. The maximum atomic E-state index is 13.3. The summed E-state index contributed by atoms with van der Waals surface area (Å²) in [4.78, 5) is 29.9. The number of amides is 1. The Morgan fingerprint density at radius 1 is 0.970 bits per heavy atom. The molecule has 1 unspecified atom stereocenters. The standard InChI is InChI=1S/C27H26N2O4/c1-17-10-15-22(33-4)21(16-17)25(30)23-24(18-11-13-19(14-12-18)28(2)3)29(27(32)26(23)31)20-8-6-5-7-9-20/h5-16,24,30H,1-4H3/b25-23+. The van der Waals surface area contributed by atoms with Crippen molar-refractivity contribution in [3.63, 3.8) is 0 Å². The van der Waals surface area contributed by atoms with Crippen molar-refractivity contribution in [1.29, 1.82) is 0 Å². The van der Waals surface area contributed by atoms with Gasteiger partial charge in [0.25, 0.3) is 11.7 Å². The molecule has 1 aliphatic heterocycles. The van der Waals surface area contributed by atoms with Crippen molar-refractivity contribution in [1.82, 2.24) is 0 Å². The Morgan fingerprint density at radius 3 is 2.24 bits per heavy atom. The van der Waals surface area contributed by atoms with Crippen LogP contribution in [-0.2, 0) is 9.59 Å². The van der Waals surface area contributed by atoms with Crippen molar-refractivity contribution in [2.75, 3.05) is 31.0 Å². The third kappa shape index (κ3) is 3.96. The fourth-order valence-corrected chi connectivity index (χ4v) is 4.11. The van der Waals surface area contributed by atoms with Gasteiger partial charge in [0.2, 0.25) is 0 Å². The summed E-state index contributed by atoms with van der Waals surface area (Å²) in [7, 11) is 5.38.